The molecule has 2 saturated heterocycles. The van der Waals surface area contributed by atoms with E-state index in [2.05, 4.69) is 18.7 Å². The van der Waals surface area contributed by atoms with Gasteiger partial charge < -0.3 is 10.5 Å². The Hall–Kier alpha value is -0.120. The predicted molar refractivity (Wildman–Crippen MR) is 64.2 cm³/mol. The predicted octanol–water partition coefficient (Wildman–Crippen LogP) is 1.37. The van der Waals surface area contributed by atoms with Crippen LogP contribution in [0.1, 0.15) is 39.5 Å². The Morgan fingerprint density at radius 2 is 1.75 bits per heavy atom. The summed E-state index contributed by atoms with van der Waals surface area (Å²) in [5.41, 5.74) is 6.74. The first-order chi connectivity index (χ1) is 7.56. The Morgan fingerprint density at radius 1 is 1.12 bits per heavy atom. The van der Waals surface area contributed by atoms with Gasteiger partial charge in [0.1, 0.15) is 0 Å². The Kier molecular flexibility index (Phi) is 2.54. The zero-order chi connectivity index (χ0) is 11.3. The molecule has 0 amide bonds. The average molecular weight is 224 g/mol. The third kappa shape index (κ3) is 1.69. The zero-order valence-corrected chi connectivity index (χ0v) is 10.5. The van der Waals surface area contributed by atoms with Crippen molar-refractivity contribution in [1.82, 2.24) is 4.90 Å². The van der Waals surface area contributed by atoms with E-state index in [0.717, 1.165) is 13.1 Å². The maximum absolute atomic E-state index is 6.42. The maximum atomic E-state index is 6.42. The van der Waals surface area contributed by atoms with E-state index >= 15 is 0 Å². The van der Waals surface area contributed by atoms with Crippen LogP contribution in [0.2, 0.25) is 0 Å². The molecule has 1 aliphatic carbocycles. The molecule has 92 valence electrons. The maximum Gasteiger partial charge on any atom is 0.0707 e. The van der Waals surface area contributed by atoms with Crippen LogP contribution in [0.25, 0.3) is 0 Å². The first kappa shape index (κ1) is 11.0. The summed E-state index contributed by atoms with van der Waals surface area (Å²) >= 11 is 0. The molecule has 0 radical (unpaired) electrons. The Balaban J connectivity index is 1.70. The molecule has 0 aromatic heterocycles. The summed E-state index contributed by atoms with van der Waals surface area (Å²) in [4.78, 5) is 2.62. The van der Waals surface area contributed by atoms with E-state index < -0.39 is 0 Å². The summed E-state index contributed by atoms with van der Waals surface area (Å²) in [7, 11) is 0. The molecule has 2 N–H and O–H groups in total. The van der Waals surface area contributed by atoms with Crippen molar-refractivity contribution in [2.24, 2.45) is 11.1 Å². The van der Waals surface area contributed by atoms with Gasteiger partial charge in [-0.2, -0.15) is 0 Å². The van der Waals surface area contributed by atoms with Gasteiger partial charge in [0.05, 0.1) is 12.2 Å². The minimum atomic E-state index is 0.321. The monoisotopic (exact) mass is 224 g/mol. The average Bonchev–Trinajstić information content (AvgIpc) is 2.70. The molecule has 3 nitrogen and oxygen atoms in total. The molecule has 0 aromatic rings. The number of nitrogens with zero attached hydrogens (tertiary/aromatic N) is 1. The van der Waals surface area contributed by atoms with Gasteiger partial charge in [-0.05, 0) is 31.1 Å². The van der Waals surface area contributed by atoms with E-state index in [4.69, 9.17) is 10.5 Å². The standard InChI is InChI=1S/C13H24N2O/c1-13(2)6-5-11(12(13)14)15-7-9-3-4-10(8-15)16-9/h9-12H,3-8,14H2,1-2H3. The molecule has 16 heavy (non-hydrogen) atoms. The van der Waals surface area contributed by atoms with Crippen molar-refractivity contribution in [2.75, 3.05) is 13.1 Å². The summed E-state index contributed by atoms with van der Waals surface area (Å²) in [6.07, 6.45) is 6.04. The summed E-state index contributed by atoms with van der Waals surface area (Å²) in [6.45, 7) is 6.86. The number of nitrogens with two attached hydrogens (primary N) is 1. The second kappa shape index (κ2) is 3.69. The van der Waals surface area contributed by atoms with Crippen LogP contribution >= 0.6 is 0 Å². The fourth-order valence-corrected chi connectivity index (χ4v) is 3.71. The van der Waals surface area contributed by atoms with Crippen LogP contribution in [0, 0.1) is 5.41 Å². The largest absolute Gasteiger partial charge is 0.372 e. The van der Waals surface area contributed by atoms with E-state index in [1.54, 1.807) is 0 Å². The molecule has 2 heterocycles. The van der Waals surface area contributed by atoms with Gasteiger partial charge in [0.15, 0.2) is 0 Å². The molecule has 2 aliphatic heterocycles. The highest BCUT2D eigenvalue weighted by molar-refractivity contribution is 5.01. The highest BCUT2D eigenvalue weighted by Gasteiger charge is 2.45. The topological polar surface area (TPSA) is 38.5 Å². The minimum absolute atomic E-state index is 0.321. The molecule has 0 aromatic carbocycles. The van der Waals surface area contributed by atoms with Gasteiger partial charge >= 0.3 is 0 Å². The lowest BCUT2D eigenvalue weighted by atomic mass is 9.87. The lowest BCUT2D eigenvalue weighted by molar-refractivity contribution is -0.0552. The van der Waals surface area contributed by atoms with E-state index in [9.17, 15) is 0 Å². The molecule has 3 heteroatoms. The Bertz CT molecular complexity index is 267. The van der Waals surface area contributed by atoms with Crippen molar-refractivity contribution in [3.8, 4) is 0 Å². The van der Waals surface area contributed by atoms with Crippen LogP contribution in [-0.4, -0.2) is 42.3 Å². The van der Waals surface area contributed by atoms with Crippen LogP contribution < -0.4 is 5.73 Å². The molecule has 4 atom stereocenters. The van der Waals surface area contributed by atoms with Crippen molar-refractivity contribution in [3.05, 3.63) is 0 Å². The second-order valence-electron chi connectivity index (χ2n) is 6.53. The SMILES string of the molecule is CC1(C)CCC(N2CC3CCC(C2)O3)C1N. The first-order valence-electron chi connectivity index (χ1n) is 6.71. The Labute approximate surface area is 98.3 Å². The fourth-order valence-electron chi connectivity index (χ4n) is 3.71. The number of morpholine rings is 1. The van der Waals surface area contributed by atoms with Gasteiger partial charge in [0, 0.05) is 25.2 Å². The zero-order valence-electron chi connectivity index (χ0n) is 10.5. The summed E-state index contributed by atoms with van der Waals surface area (Å²) in [5, 5.41) is 0. The number of ether oxygens (including phenoxy) is 1. The number of likely N-dealkylation sites (tertiary alicyclic amines) is 1. The van der Waals surface area contributed by atoms with Crippen molar-refractivity contribution >= 4 is 0 Å². The van der Waals surface area contributed by atoms with E-state index in [0.29, 0.717) is 29.7 Å². The first-order valence-corrected chi connectivity index (χ1v) is 6.71. The van der Waals surface area contributed by atoms with Gasteiger partial charge in [0.2, 0.25) is 0 Å². The molecular weight excluding hydrogens is 200 g/mol. The lowest BCUT2D eigenvalue weighted by Gasteiger charge is -2.39. The number of hydrogen-bond donors (Lipinski definition) is 1. The Morgan fingerprint density at radius 3 is 2.25 bits per heavy atom. The fraction of sp³-hybridized carbons (Fsp3) is 1.00. The number of rotatable bonds is 1. The van der Waals surface area contributed by atoms with Crippen LogP contribution in [0.3, 0.4) is 0 Å². The minimum Gasteiger partial charge on any atom is -0.372 e. The smallest absolute Gasteiger partial charge is 0.0707 e. The molecule has 3 rings (SSSR count). The van der Waals surface area contributed by atoms with E-state index in [-0.39, 0.29) is 0 Å². The van der Waals surface area contributed by atoms with Gasteiger partial charge in [-0.3, -0.25) is 4.90 Å². The van der Waals surface area contributed by atoms with Gasteiger partial charge in [-0.1, -0.05) is 13.8 Å². The van der Waals surface area contributed by atoms with Gasteiger partial charge in [-0.25, -0.2) is 0 Å². The lowest BCUT2D eigenvalue weighted by Crippen LogP contribution is -2.54. The summed E-state index contributed by atoms with van der Waals surface area (Å²) in [5.74, 6) is 0. The third-order valence-electron chi connectivity index (χ3n) is 4.94. The van der Waals surface area contributed by atoms with Crippen molar-refractivity contribution in [1.29, 1.82) is 0 Å². The number of hydrogen-bond acceptors (Lipinski definition) is 3. The molecule has 0 spiro atoms. The molecule has 1 saturated carbocycles. The van der Waals surface area contributed by atoms with Crippen LogP contribution in [0.5, 0.6) is 0 Å². The van der Waals surface area contributed by atoms with Crippen molar-refractivity contribution in [3.63, 3.8) is 0 Å². The van der Waals surface area contributed by atoms with Gasteiger partial charge in [0.25, 0.3) is 0 Å². The highest BCUT2D eigenvalue weighted by atomic mass is 16.5. The van der Waals surface area contributed by atoms with Crippen molar-refractivity contribution < 1.29 is 4.74 Å². The molecule has 2 bridgehead atoms. The molecule has 3 fully saturated rings. The molecule has 4 unspecified atom stereocenters. The van der Waals surface area contributed by atoms with Crippen molar-refractivity contribution in [2.45, 2.75) is 63.8 Å². The summed E-state index contributed by atoms with van der Waals surface area (Å²) in [6, 6.07) is 0.937. The summed E-state index contributed by atoms with van der Waals surface area (Å²) < 4.78 is 5.89. The second-order valence-corrected chi connectivity index (χ2v) is 6.53. The normalized spacial score (nSPS) is 47.4. The van der Waals surface area contributed by atoms with Crippen LogP contribution in [-0.2, 0) is 4.74 Å². The van der Waals surface area contributed by atoms with Crippen LogP contribution in [0.4, 0.5) is 0 Å². The van der Waals surface area contributed by atoms with Gasteiger partial charge in [-0.15, -0.1) is 0 Å². The quantitative estimate of drug-likeness (QED) is 0.731. The molecular formula is C13H24N2O. The van der Waals surface area contributed by atoms with E-state index in [1.165, 1.54) is 25.7 Å². The van der Waals surface area contributed by atoms with E-state index in [1.807, 2.05) is 0 Å². The van der Waals surface area contributed by atoms with Crippen LogP contribution in [0.15, 0.2) is 0 Å². The molecule has 3 aliphatic rings. The highest BCUT2D eigenvalue weighted by Crippen LogP contribution is 2.40. The third-order valence-corrected chi connectivity index (χ3v) is 4.94. The number of fused-ring (bicyclic) bond motifs is 2.